The number of carbonyl (C=O) groups is 1. The smallest absolute Gasteiger partial charge is 0.313 e. The molecule has 0 spiro atoms. The van der Waals surface area contributed by atoms with Gasteiger partial charge in [-0.3, -0.25) is 4.79 Å². The maximum Gasteiger partial charge on any atom is 0.313 e. The van der Waals surface area contributed by atoms with Crippen LogP contribution in [0.25, 0.3) is 0 Å². The average molecular weight is 257 g/mol. The number of methoxy groups -OCH3 is 2. The second-order valence-electron chi connectivity index (χ2n) is 3.75. The maximum atomic E-state index is 11.8. The second kappa shape index (κ2) is 6.50. The van der Waals surface area contributed by atoms with Crippen LogP contribution >= 0.6 is 11.6 Å². The van der Waals surface area contributed by atoms with Crippen LogP contribution < -0.4 is 4.74 Å². The van der Waals surface area contributed by atoms with Crippen molar-refractivity contribution in [3.63, 3.8) is 0 Å². The zero-order chi connectivity index (χ0) is 12.8. The lowest BCUT2D eigenvalue weighted by molar-refractivity contribution is -0.142. The van der Waals surface area contributed by atoms with Crippen LogP contribution in [0.4, 0.5) is 0 Å². The Kier molecular flexibility index (Phi) is 5.29. The van der Waals surface area contributed by atoms with Crippen LogP contribution in [0.1, 0.15) is 31.2 Å². The van der Waals surface area contributed by atoms with Crippen molar-refractivity contribution in [2.45, 2.75) is 25.7 Å². The quantitative estimate of drug-likeness (QED) is 0.758. The van der Waals surface area contributed by atoms with Crippen molar-refractivity contribution in [3.05, 3.63) is 28.8 Å². The summed E-state index contributed by atoms with van der Waals surface area (Å²) in [6.07, 6.45) is 1.60. The van der Waals surface area contributed by atoms with Gasteiger partial charge in [0, 0.05) is 10.6 Å². The molecule has 0 heterocycles. The Bertz CT molecular complexity index is 390. The lowest BCUT2D eigenvalue weighted by Crippen LogP contribution is -2.15. The Morgan fingerprint density at radius 2 is 2.12 bits per heavy atom. The van der Waals surface area contributed by atoms with E-state index in [1.807, 2.05) is 6.92 Å². The van der Waals surface area contributed by atoms with E-state index in [0.717, 1.165) is 12.0 Å². The molecule has 0 aromatic heterocycles. The van der Waals surface area contributed by atoms with Gasteiger partial charge in [-0.1, -0.05) is 24.9 Å². The van der Waals surface area contributed by atoms with Gasteiger partial charge in [0.05, 0.1) is 20.1 Å². The zero-order valence-electron chi connectivity index (χ0n) is 10.3. The number of halogens is 1. The van der Waals surface area contributed by atoms with E-state index in [-0.39, 0.29) is 11.9 Å². The molecule has 0 fully saturated rings. The van der Waals surface area contributed by atoms with Gasteiger partial charge in [0.2, 0.25) is 0 Å². The van der Waals surface area contributed by atoms with E-state index >= 15 is 0 Å². The number of hydrogen-bond donors (Lipinski definition) is 0. The standard InChI is InChI=1S/C13H17ClO3/c1-4-5-10(13(15)17-3)11-8-9(14)6-7-12(11)16-2/h6-8,10H,4-5H2,1-3H3. The molecule has 1 aromatic carbocycles. The molecule has 17 heavy (non-hydrogen) atoms. The summed E-state index contributed by atoms with van der Waals surface area (Å²) in [4.78, 5) is 11.8. The number of benzene rings is 1. The molecule has 0 aliphatic heterocycles. The third-order valence-corrected chi connectivity index (χ3v) is 2.87. The molecular formula is C13H17ClO3. The fraction of sp³-hybridized carbons (Fsp3) is 0.462. The number of carbonyl (C=O) groups excluding carboxylic acids is 1. The second-order valence-corrected chi connectivity index (χ2v) is 4.19. The van der Waals surface area contributed by atoms with Crippen LogP contribution in [0.2, 0.25) is 5.02 Å². The van der Waals surface area contributed by atoms with Gasteiger partial charge in [0.15, 0.2) is 0 Å². The number of rotatable bonds is 5. The molecule has 0 radical (unpaired) electrons. The molecule has 3 nitrogen and oxygen atoms in total. The van der Waals surface area contributed by atoms with E-state index in [1.54, 1.807) is 25.3 Å². The van der Waals surface area contributed by atoms with Crippen molar-refractivity contribution < 1.29 is 14.3 Å². The fourth-order valence-electron chi connectivity index (χ4n) is 1.81. The highest BCUT2D eigenvalue weighted by Crippen LogP contribution is 2.33. The molecule has 4 heteroatoms. The van der Waals surface area contributed by atoms with Gasteiger partial charge in [-0.25, -0.2) is 0 Å². The molecule has 0 N–H and O–H groups in total. The molecule has 1 rings (SSSR count). The summed E-state index contributed by atoms with van der Waals surface area (Å²) < 4.78 is 10.1. The largest absolute Gasteiger partial charge is 0.496 e. The lowest BCUT2D eigenvalue weighted by Gasteiger charge is -2.17. The van der Waals surface area contributed by atoms with Crippen LogP contribution in [-0.2, 0) is 9.53 Å². The molecule has 0 bridgehead atoms. The van der Waals surface area contributed by atoms with Crippen molar-refractivity contribution in [2.24, 2.45) is 0 Å². The normalized spacial score (nSPS) is 12.0. The molecule has 0 aliphatic rings. The molecule has 0 amide bonds. The fourth-order valence-corrected chi connectivity index (χ4v) is 1.99. The van der Waals surface area contributed by atoms with Crippen molar-refractivity contribution in [1.29, 1.82) is 0 Å². The summed E-state index contributed by atoms with van der Waals surface area (Å²) in [7, 11) is 2.97. The molecular weight excluding hydrogens is 240 g/mol. The Balaban J connectivity index is 3.15. The van der Waals surface area contributed by atoms with E-state index in [0.29, 0.717) is 17.2 Å². The molecule has 1 unspecified atom stereocenters. The molecule has 0 saturated carbocycles. The van der Waals surface area contributed by atoms with Gasteiger partial charge >= 0.3 is 5.97 Å². The number of ether oxygens (including phenoxy) is 2. The van der Waals surface area contributed by atoms with E-state index in [1.165, 1.54) is 7.11 Å². The molecule has 1 aromatic rings. The van der Waals surface area contributed by atoms with Gasteiger partial charge in [0.25, 0.3) is 0 Å². The first kappa shape index (κ1) is 13.8. The highest BCUT2D eigenvalue weighted by molar-refractivity contribution is 6.30. The number of hydrogen-bond acceptors (Lipinski definition) is 3. The lowest BCUT2D eigenvalue weighted by atomic mass is 9.94. The minimum atomic E-state index is -0.321. The zero-order valence-corrected chi connectivity index (χ0v) is 11.1. The molecule has 0 saturated heterocycles. The highest BCUT2D eigenvalue weighted by Gasteiger charge is 2.24. The Morgan fingerprint density at radius 3 is 2.65 bits per heavy atom. The Labute approximate surface area is 107 Å². The maximum absolute atomic E-state index is 11.8. The van der Waals surface area contributed by atoms with Crippen LogP contribution in [0.5, 0.6) is 5.75 Å². The van der Waals surface area contributed by atoms with Crippen LogP contribution in [-0.4, -0.2) is 20.2 Å². The first-order valence-corrected chi connectivity index (χ1v) is 5.93. The number of esters is 1. The first-order chi connectivity index (χ1) is 8.13. The molecule has 1 atom stereocenters. The minimum absolute atomic E-state index is 0.257. The third kappa shape index (κ3) is 3.37. The van der Waals surface area contributed by atoms with Crippen molar-refractivity contribution in [2.75, 3.05) is 14.2 Å². The summed E-state index contributed by atoms with van der Waals surface area (Å²) in [6, 6.07) is 5.27. The Hall–Kier alpha value is -1.22. The van der Waals surface area contributed by atoms with Gasteiger partial charge in [0.1, 0.15) is 5.75 Å². The van der Waals surface area contributed by atoms with Crippen LogP contribution in [0, 0.1) is 0 Å². The SMILES string of the molecule is CCCC(C(=O)OC)c1cc(Cl)ccc1OC. The van der Waals surface area contributed by atoms with E-state index < -0.39 is 0 Å². The van der Waals surface area contributed by atoms with Gasteiger partial charge in [-0.15, -0.1) is 0 Å². The van der Waals surface area contributed by atoms with Gasteiger partial charge < -0.3 is 9.47 Å². The summed E-state index contributed by atoms with van der Waals surface area (Å²) in [6.45, 7) is 2.02. The van der Waals surface area contributed by atoms with E-state index in [4.69, 9.17) is 21.1 Å². The predicted octanol–water partition coefficient (Wildman–Crippen LogP) is 3.41. The highest BCUT2D eigenvalue weighted by atomic mass is 35.5. The van der Waals surface area contributed by atoms with Crippen molar-refractivity contribution >= 4 is 17.6 Å². The molecule has 0 aliphatic carbocycles. The monoisotopic (exact) mass is 256 g/mol. The summed E-state index contributed by atoms with van der Waals surface area (Å²) in [5.74, 6) is 0.0873. The summed E-state index contributed by atoms with van der Waals surface area (Å²) in [5.41, 5.74) is 0.786. The van der Waals surface area contributed by atoms with Crippen molar-refractivity contribution in [1.82, 2.24) is 0 Å². The van der Waals surface area contributed by atoms with Gasteiger partial charge in [-0.2, -0.15) is 0 Å². The topological polar surface area (TPSA) is 35.5 Å². The Morgan fingerprint density at radius 1 is 1.41 bits per heavy atom. The minimum Gasteiger partial charge on any atom is -0.496 e. The van der Waals surface area contributed by atoms with Crippen LogP contribution in [0.15, 0.2) is 18.2 Å². The van der Waals surface area contributed by atoms with E-state index in [9.17, 15) is 4.79 Å². The average Bonchev–Trinajstić information content (AvgIpc) is 2.35. The van der Waals surface area contributed by atoms with Crippen molar-refractivity contribution in [3.8, 4) is 5.75 Å². The summed E-state index contributed by atoms with van der Waals surface area (Å²) in [5, 5.41) is 0.589. The predicted molar refractivity (Wildman–Crippen MR) is 67.7 cm³/mol. The van der Waals surface area contributed by atoms with Gasteiger partial charge in [-0.05, 0) is 24.6 Å². The van der Waals surface area contributed by atoms with E-state index in [2.05, 4.69) is 0 Å². The summed E-state index contributed by atoms with van der Waals surface area (Å²) >= 11 is 5.96. The molecule has 94 valence electrons. The van der Waals surface area contributed by atoms with Crippen LogP contribution in [0.3, 0.4) is 0 Å². The third-order valence-electron chi connectivity index (χ3n) is 2.63. The first-order valence-electron chi connectivity index (χ1n) is 5.55.